The number of nitrogens with one attached hydrogen (secondary N) is 2. The minimum absolute atomic E-state index is 0.0623. The van der Waals surface area contributed by atoms with Crippen molar-refractivity contribution in [2.45, 2.75) is 25.9 Å². The molecule has 0 saturated carbocycles. The lowest BCUT2D eigenvalue weighted by atomic mass is 10.1. The summed E-state index contributed by atoms with van der Waals surface area (Å²) in [7, 11) is 0. The summed E-state index contributed by atoms with van der Waals surface area (Å²) < 4.78 is 1.39. The molecule has 6 nitrogen and oxygen atoms in total. The van der Waals surface area contributed by atoms with Crippen LogP contribution in [-0.4, -0.2) is 28.3 Å². The lowest BCUT2D eigenvalue weighted by Gasteiger charge is -2.12. The molecular weight excluding hydrogens is 328 g/mol. The molecule has 0 fully saturated rings. The van der Waals surface area contributed by atoms with Crippen molar-refractivity contribution in [3.05, 3.63) is 70.1 Å². The van der Waals surface area contributed by atoms with Crippen molar-refractivity contribution in [3.8, 4) is 0 Å². The number of aryl methyl sites for hydroxylation is 1. The van der Waals surface area contributed by atoms with Crippen molar-refractivity contribution in [1.29, 1.82) is 0 Å². The smallest absolute Gasteiger partial charge is 0.274 e. The number of carbonyl (C=O) groups is 1. The van der Waals surface area contributed by atoms with Crippen LogP contribution in [0.25, 0.3) is 10.8 Å². The van der Waals surface area contributed by atoms with Crippen LogP contribution >= 0.6 is 0 Å². The third-order valence-corrected chi connectivity index (χ3v) is 4.72. The van der Waals surface area contributed by atoms with E-state index in [1.54, 1.807) is 12.3 Å². The predicted molar refractivity (Wildman–Crippen MR) is 101 cm³/mol. The van der Waals surface area contributed by atoms with Gasteiger partial charge in [-0.2, -0.15) is 5.10 Å². The van der Waals surface area contributed by atoms with E-state index in [9.17, 15) is 9.59 Å². The summed E-state index contributed by atoms with van der Waals surface area (Å²) in [5.74, 6) is -0.0623. The van der Waals surface area contributed by atoms with E-state index in [0.717, 1.165) is 16.6 Å². The second kappa shape index (κ2) is 6.63. The van der Waals surface area contributed by atoms with Crippen LogP contribution in [0.3, 0.4) is 0 Å². The Kier molecular flexibility index (Phi) is 4.16. The number of carbonyl (C=O) groups excluding carboxylic acids is 1. The predicted octanol–water partition coefficient (Wildman–Crippen LogP) is 1.86. The van der Waals surface area contributed by atoms with Gasteiger partial charge in [-0.05, 0) is 24.6 Å². The molecule has 2 aromatic carbocycles. The molecule has 3 aromatic rings. The van der Waals surface area contributed by atoms with E-state index in [2.05, 4.69) is 21.8 Å². The van der Waals surface area contributed by atoms with Crippen LogP contribution in [0.2, 0.25) is 0 Å². The molecule has 2 N–H and O–H groups in total. The summed E-state index contributed by atoms with van der Waals surface area (Å²) in [5, 5.41) is 11.8. The van der Waals surface area contributed by atoms with E-state index >= 15 is 0 Å². The molecule has 1 unspecified atom stereocenters. The van der Waals surface area contributed by atoms with E-state index in [4.69, 9.17) is 0 Å². The highest BCUT2D eigenvalue weighted by Gasteiger charge is 2.26. The topological polar surface area (TPSA) is 76.0 Å². The van der Waals surface area contributed by atoms with E-state index in [-0.39, 0.29) is 17.5 Å². The summed E-state index contributed by atoms with van der Waals surface area (Å²) in [6, 6.07) is 13.2. The zero-order valence-corrected chi connectivity index (χ0v) is 14.5. The first-order valence-corrected chi connectivity index (χ1v) is 8.70. The normalized spacial score (nSPS) is 15.5. The first-order chi connectivity index (χ1) is 12.6. The van der Waals surface area contributed by atoms with Crippen molar-refractivity contribution < 1.29 is 4.79 Å². The Labute approximate surface area is 150 Å². The molecule has 1 atom stereocenters. The van der Waals surface area contributed by atoms with Crippen LogP contribution < -0.4 is 16.2 Å². The maximum Gasteiger partial charge on any atom is 0.274 e. The standard InChI is InChI=1S/C20H20N4O2/c1-13-6-7-17-15(10-13)11-18(23-17)19(25)21-8-9-24-20(26)16-5-3-2-4-14(16)12-22-24/h2-7,10,12,18,23H,8-9,11H2,1H3,(H,21,25). The Balaban J connectivity index is 1.37. The molecule has 1 amide bonds. The van der Waals surface area contributed by atoms with Gasteiger partial charge < -0.3 is 10.6 Å². The zero-order valence-electron chi connectivity index (χ0n) is 14.5. The Morgan fingerprint density at radius 3 is 3.04 bits per heavy atom. The van der Waals surface area contributed by atoms with Gasteiger partial charge in [0.1, 0.15) is 6.04 Å². The summed E-state index contributed by atoms with van der Waals surface area (Å²) in [4.78, 5) is 24.8. The largest absolute Gasteiger partial charge is 0.373 e. The Hall–Kier alpha value is -3.15. The Morgan fingerprint density at radius 1 is 1.31 bits per heavy atom. The molecule has 0 radical (unpaired) electrons. The minimum atomic E-state index is -0.270. The molecule has 26 heavy (non-hydrogen) atoms. The van der Waals surface area contributed by atoms with E-state index in [1.807, 2.05) is 37.3 Å². The number of amides is 1. The fourth-order valence-corrected chi connectivity index (χ4v) is 3.34. The Morgan fingerprint density at radius 2 is 2.15 bits per heavy atom. The summed E-state index contributed by atoms with van der Waals surface area (Å²) in [5.41, 5.74) is 3.23. The number of nitrogens with zero attached hydrogens (tertiary/aromatic N) is 2. The molecular formula is C20H20N4O2. The van der Waals surface area contributed by atoms with Crippen molar-refractivity contribution in [2.24, 2.45) is 0 Å². The van der Waals surface area contributed by atoms with Gasteiger partial charge in [-0.1, -0.05) is 35.9 Å². The molecule has 1 aliphatic heterocycles. The summed E-state index contributed by atoms with van der Waals surface area (Å²) >= 11 is 0. The maximum absolute atomic E-state index is 12.4. The van der Waals surface area contributed by atoms with Crippen LogP contribution in [0, 0.1) is 6.92 Å². The van der Waals surface area contributed by atoms with Gasteiger partial charge >= 0.3 is 0 Å². The second-order valence-electron chi connectivity index (χ2n) is 6.61. The number of hydrogen-bond donors (Lipinski definition) is 2. The van der Waals surface area contributed by atoms with Crippen molar-refractivity contribution in [2.75, 3.05) is 11.9 Å². The number of aromatic nitrogens is 2. The lowest BCUT2D eigenvalue weighted by molar-refractivity contribution is -0.121. The number of fused-ring (bicyclic) bond motifs is 2. The number of benzene rings is 2. The molecule has 6 heteroatoms. The SMILES string of the molecule is Cc1ccc2c(c1)CC(C(=O)NCCn1ncc3ccccc3c1=O)N2. The first kappa shape index (κ1) is 16.3. The zero-order chi connectivity index (χ0) is 18.1. The van der Waals surface area contributed by atoms with E-state index in [1.165, 1.54) is 10.2 Å². The number of anilines is 1. The average Bonchev–Trinajstić information content (AvgIpc) is 3.07. The number of rotatable bonds is 4. The van der Waals surface area contributed by atoms with E-state index in [0.29, 0.717) is 24.9 Å². The van der Waals surface area contributed by atoms with Gasteiger partial charge in [-0.15, -0.1) is 0 Å². The molecule has 2 heterocycles. The van der Waals surface area contributed by atoms with Gasteiger partial charge in [0, 0.05) is 24.0 Å². The molecule has 0 spiro atoms. The minimum Gasteiger partial charge on any atom is -0.373 e. The van der Waals surface area contributed by atoms with Crippen LogP contribution in [0.1, 0.15) is 11.1 Å². The molecule has 1 aromatic heterocycles. The van der Waals surface area contributed by atoms with Gasteiger partial charge in [0.05, 0.1) is 18.1 Å². The third-order valence-electron chi connectivity index (χ3n) is 4.72. The van der Waals surface area contributed by atoms with Crippen LogP contribution in [0.15, 0.2) is 53.5 Å². The maximum atomic E-state index is 12.4. The fourth-order valence-electron chi connectivity index (χ4n) is 3.34. The molecule has 4 rings (SSSR count). The molecule has 0 saturated heterocycles. The van der Waals surface area contributed by atoms with Crippen molar-refractivity contribution in [3.63, 3.8) is 0 Å². The van der Waals surface area contributed by atoms with Gasteiger partial charge in [-0.3, -0.25) is 9.59 Å². The molecule has 0 bridgehead atoms. The van der Waals surface area contributed by atoms with Crippen LogP contribution in [0.5, 0.6) is 0 Å². The molecule has 132 valence electrons. The van der Waals surface area contributed by atoms with Gasteiger partial charge in [0.15, 0.2) is 0 Å². The fraction of sp³-hybridized carbons (Fsp3) is 0.250. The van der Waals surface area contributed by atoms with Gasteiger partial charge in [0.25, 0.3) is 5.56 Å². The summed E-state index contributed by atoms with van der Waals surface area (Å²) in [6.07, 6.45) is 2.35. The summed E-state index contributed by atoms with van der Waals surface area (Å²) in [6.45, 7) is 2.74. The van der Waals surface area contributed by atoms with Crippen LogP contribution in [-0.2, 0) is 17.8 Å². The highest BCUT2D eigenvalue weighted by atomic mass is 16.2. The van der Waals surface area contributed by atoms with E-state index < -0.39 is 0 Å². The Bertz CT molecular complexity index is 1040. The molecule has 1 aliphatic rings. The second-order valence-corrected chi connectivity index (χ2v) is 6.61. The van der Waals surface area contributed by atoms with Crippen molar-refractivity contribution in [1.82, 2.24) is 15.1 Å². The van der Waals surface area contributed by atoms with Gasteiger partial charge in [-0.25, -0.2) is 4.68 Å². The lowest BCUT2D eigenvalue weighted by Crippen LogP contribution is -2.40. The quantitative estimate of drug-likeness (QED) is 0.755. The van der Waals surface area contributed by atoms with Crippen LogP contribution in [0.4, 0.5) is 5.69 Å². The number of hydrogen-bond acceptors (Lipinski definition) is 4. The monoisotopic (exact) mass is 348 g/mol. The highest BCUT2D eigenvalue weighted by Crippen LogP contribution is 2.26. The highest BCUT2D eigenvalue weighted by molar-refractivity contribution is 5.87. The first-order valence-electron chi connectivity index (χ1n) is 8.70. The van der Waals surface area contributed by atoms with Crippen molar-refractivity contribution >= 4 is 22.4 Å². The average molecular weight is 348 g/mol. The van der Waals surface area contributed by atoms with Gasteiger partial charge in [0.2, 0.25) is 5.91 Å². The molecule has 0 aliphatic carbocycles. The third kappa shape index (κ3) is 3.06.